The minimum absolute atomic E-state index is 0.165. The van der Waals surface area contributed by atoms with E-state index >= 15 is 0 Å². The molecule has 0 saturated carbocycles. The lowest BCUT2D eigenvalue weighted by atomic mass is 9.70. The first-order valence-corrected chi connectivity index (χ1v) is 21.8. The molecule has 0 aliphatic heterocycles. The monoisotopic (exact) mass is 788 g/mol. The zero-order valence-electron chi connectivity index (χ0n) is 34.9. The Balaban J connectivity index is 1.01. The van der Waals surface area contributed by atoms with Gasteiger partial charge in [0.1, 0.15) is 0 Å². The van der Waals surface area contributed by atoms with E-state index in [4.69, 9.17) is 19.9 Å². The molecule has 0 radical (unpaired) electrons. The van der Waals surface area contributed by atoms with Gasteiger partial charge in [-0.1, -0.05) is 184 Å². The van der Waals surface area contributed by atoms with Crippen LogP contribution in [0.15, 0.2) is 176 Å². The highest BCUT2D eigenvalue weighted by atomic mass is 14.9. The van der Waals surface area contributed by atoms with Gasteiger partial charge in [-0.15, -0.1) is 0 Å². The third-order valence-corrected chi connectivity index (χ3v) is 12.8. The van der Waals surface area contributed by atoms with E-state index in [0.717, 1.165) is 106 Å². The lowest BCUT2D eigenvalue weighted by molar-refractivity contribution is 0.478. The SMILES string of the molecule is CCC(CC)(c1ccc(-c2cc(-c3cccc4ccccc34)nc(C3=CCCC=C3)n2)cc1)c1ccc(-c2cc(-c3cccc4c3C=CCC4)nc(-c3ccccc3)n2)cc1. The van der Waals surface area contributed by atoms with Crippen LogP contribution in [-0.4, -0.2) is 19.9 Å². The first-order chi connectivity index (χ1) is 30.1. The maximum atomic E-state index is 5.19. The molecule has 0 spiro atoms. The van der Waals surface area contributed by atoms with E-state index in [0.29, 0.717) is 0 Å². The van der Waals surface area contributed by atoms with Crippen molar-refractivity contribution in [2.45, 2.75) is 57.8 Å². The fourth-order valence-corrected chi connectivity index (χ4v) is 9.38. The molecule has 2 aromatic heterocycles. The summed E-state index contributed by atoms with van der Waals surface area (Å²) >= 11 is 0. The standard InChI is InChI=1S/C57H48N4/c1-3-57(4-2,45-33-29-41(30-34-45)51-37-53(60-55(58-51)43-19-7-5-8-20-43)49-27-15-23-39-17-11-13-25-47(39)49)46-35-31-42(32-36-46)52-38-54(61-56(59-52)44-21-9-6-10-22-44)50-28-16-24-40-18-12-14-26-48(40)50/h5,7-9,12-16,18-38H,3-4,6,10-11,17H2,1-2H3. The fourth-order valence-electron chi connectivity index (χ4n) is 9.38. The lowest BCUT2D eigenvalue weighted by Gasteiger charge is -2.33. The predicted octanol–water partition coefficient (Wildman–Crippen LogP) is 14.6. The molecule has 0 saturated heterocycles. The molecule has 2 aliphatic rings. The van der Waals surface area contributed by atoms with Crippen molar-refractivity contribution in [1.82, 2.24) is 19.9 Å². The molecule has 10 rings (SSSR count). The van der Waals surface area contributed by atoms with Gasteiger partial charge < -0.3 is 0 Å². The number of aryl methyl sites for hydroxylation is 1. The van der Waals surface area contributed by atoms with Gasteiger partial charge in [0.25, 0.3) is 0 Å². The second-order valence-corrected chi connectivity index (χ2v) is 16.2. The summed E-state index contributed by atoms with van der Waals surface area (Å²) in [5.74, 6) is 1.50. The van der Waals surface area contributed by atoms with E-state index in [1.165, 1.54) is 33.0 Å². The molecule has 296 valence electrons. The van der Waals surface area contributed by atoms with E-state index in [-0.39, 0.29) is 5.41 Å². The first-order valence-electron chi connectivity index (χ1n) is 21.8. The maximum Gasteiger partial charge on any atom is 0.160 e. The highest BCUT2D eigenvalue weighted by molar-refractivity contribution is 5.96. The maximum absolute atomic E-state index is 5.19. The summed E-state index contributed by atoms with van der Waals surface area (Å²) in [5, 5.41) is 2.39. The van der Waals surface area contributed by atoms with E-state index in [1.54, 1.807) is 0 Å². The van der Waals surface area contributed by atoms with Crippen LogP contribution >= 0.6 is 0 Å². The Bertz CT molecular complexity index is 2970. The molecule has 2 heterocycles. The van der Waals surface area contributed by atoms with Crippen LogP contribution in [0.4, 0.5) is 0 Å². The largest absolute Gasteiger partial charge is 0.228 e. The number of nitrogens with zero attached hydrogens (tertiary/aromatic N) is 4. The zero-order valence-corrected chi connectivity index (χ0v) is 34.9. The van der Waals surface area contributed by atoms with Crippen LogP contribution in [0.5, 0.6) is 0 Å². The molecule has 0 amide bonds. The van der Waals surface area contributed by atoms with E-state index in [1.807, 2.05) is 6.07 Å². The smallest absolute Gasteiger partial charge is 0.160 e. The summed E-state index contributed by atoms with van der Waals surface area (Å²) in [6.07, 6.45) is 17.3. The van der Waals surface area contributed by atoms with Gasteiger partial charge in [0, 0.05) is 38.8 Å². The van der Waals surface area contributed by atoms with Gasteiger partial charge in [-0.2, -0.15) is 0 Å². The fraction of sp³-hybridized carbons (Fsp3) is 0.158. The Hall–Kier alpha value is -7.04. The quantitative estimate of drug-likeness (QED) is 0.138. The van der Waals surface area contributed by atoms with Crippen molar-refractivity contribution < 1.29 is 0 Å². The highest BCUT2D eigenvalue weighted by Gasteiger charge is 2.31. The molecular weight excluding hydrogens is 741 g/mol. The predicted molar refractivity (Wildman–Crippen MR) is 254 cm³/mol. The van der Waals surface area contributed by atoms with Gasteiger partial charge in [0.05, 0.1) is 22.8 Å². The Labute approximate surface area is 359 Å². The second-order valence-electron chi connectivity index (χ2n) is 16.2. The van der Waals surface area contributed by atoms with Crippen molar-refractivity contribution in [1.29, 1.82) is 0 Å². The summed E-state index contributed by atoms with van der Waals surface area (Å²) in [5.41, 5.74) is 15.3. The Morgan fingerprint density at radius 1 is 0.475 bits per heavy atom. The van der Waals surface area contributed by atoms with E-state index in [2.05, 4.69) is 190 Å². The van der Waals surface area contributed by atoms with Crippen LogP contribution < -0.4 is 0 Å². The van der Waals surface area contributed by atoms with Crippen molar-refractivity contribution in [3.8, 4) is 56.4 Å². The summed E-state index contributed by atoms with van der Waals surface area (Å²) in [6, 6.07) is 54.5. The number of hydrogen-bond donors (Lipinski definition) is 0. The van der Waals surface area contributed by atoms with Crippen LogP contribution in [0.2, 0.25) is 0 Å². The molecular formula is C57H48N4. The zero-order chi connectivity index (χ0) is 41.2. The Kier molecular flexibility index (Phi) is 10.4. The molecule has 8 aromatic rings. The average Bonchev–Trinajstić information content (AvgIpc) is 3.35. The summed E-state index contributed by atoms with van der Waals surface area (Å²) in [7, 11) is 0. The number of aromatic nitrogens is 4. The summed E-state index contributed by atoms with van der Waals surface area (Å²) < 4.78 is 0. The highest BCUT2D eigenvalue weighted by Crippen LogP contribution is 2.41. The number of fused-ring (bicyclic) bond motifs is 2. The first kappa shape index (κ1) is 38.2. The van der Waals surface area contributed by atoms with E-state index in [9.17, 15) is 0 Å². The molecule has 0 bridgehead atoms. The molecule has 61 heavy (non-hydrogen) atoms. The van der Waals surface area contributed by atoms with Crippen molar-refractivity contribution >= 4 is 22.4 Å². The normalized spacial score (nSPS) is 13.6. The van der Waals surface area contributed by atoms with Gasteiger partial charge >= 0.3 is 0 Å². The Morgan fingerprint density at radius 3 is 1.77 bits per heavy atom. The van der Waals surface area contributed by atoms with Crippen LogP contribution in [0.25, 0.3) is 78.8 Å². The van der Waals surface area contributed by atoms with Gasteiger partial charge in [-0.3, -0.25) is 0 Å². The molecule has 2 aliphatic carbocycles. The number of rotatable bonds is 10. The van der Waals surface area contributed by atoms with Crippen molar-refractivity contribution in [3.63, 3.8) is 0 Å². The molecule has 0 N–H and O–H groups in total. The van der Waals surface area contributed by atoms with Crippen LogP contribution in [0, 0.1) is 0 Å². The molecule has 0 unspecified atom stereocenters. The van der Waals surface area contributed by atoms with Crippen molar-refractivity contribution in [2.75, 3.05) is 0 Å². The average molecular weight is 789 g/mol. The summed E-state index contributed by atoms with van der Waals surface area (Å²) in [4.78, 5) is 20.7. The van der Waals surface area contributed by atoms with Gasteiger partial charge in [-0.25, -0.2) is 19.9 Å². The van der Waals surface area contributed by atoms with Crippen molar-refractivity contribution in [3.05, 3.63) is 204 Å². The summed E-state index contributed by atoms with van der Waals surface area (Å²) in [6.45, 7) is 4.61. The minimum Gasteiger partial charge on any atom is -0.228 e. The molecule has 4 nitrogen and oxygen atoms in total. The van der Waals surface area contributed by atoms with Crippen LogP contribution in [0.1, 0.15) is 74.0 Å². The number of allylic oxidation sites excluding steroid dienone is 5. The van der Waals surface area contributed by atoms with Gasteiger partial charge in [0.2, 0.25) is 0 Å². The second kappa shape index (κ2) is 16.5. The van der Waals surface area contributed by atoms with E-state index < -0.39 is 0 Å². The third-order valence-electron chi connectivity index (χ3n) is 12.8. The van der Waals surface area contributed by atoms with Crippen molar-refractivity contribution in [2.24, 2.45) is 0 Å². The number of hydrogen-bond acceptors (Lipinski definition) is 4. The minimum atomic E-state index is -0.165. The van der Waals surface area contributed by atoms with Gasteiger partial charge in [0.15, 0.2) is 11.6 Å². The van der Waals surface area contributed by atoms with Gasteiger partial charge in [-0.05, 0) is 83.7 Å². The molecule has 6 aromatic carbocycles. The Morgan fingerprint density at radius 2 is 1.07 bits per heavy atom. The number of benzene rings is 6. The topological polar surface area (TPSA) is 51.6 Å². The molecule has 0 atom stereocenters. The lowest BCUT2D eigenvalue weighted by Crippen LogP contribution is -2.26. The molecule has 4 heteroatoms. The molecule has 0 fully saturated rings. The van der Waals surface area contributed by atoms with Crippen LogP contribution in [-0.2, 0) is 11.8 Å². The van der Waals surface area contributed by atoms with Crippen LogP contribution in [0.3, 0.4) is 0 Å². The third kappa shape index (κ3) is 7.33.